The van der Waals surface area contributed by atoms with E-state index in [-0.39, 0.29) is 0 Å². The van der Waals surface area contributed by atoms with Gasteiger partial charge in [-0.2, -0.15) is 0 Å². The van der Waals surface area contributed by atoms with Gasteiger partial charge in [0.15, 0.2) is 5.76 Å². The van der Waals surface area contributed by atoms with Crippen LogP contribution in [0.25, 0.3) is 0 Å². The number of piperazine rings is 1. The van der Waals surface area contributed by atoms with E-state index in [0.29, 0.717) is 0 Å². The van der Waals surface area contributed by atoms with Crippen molar-refractivity contribution < 1.29 is 4.52 Å². The molecule has 0 amide bonds. The van der Waals surface area contributed by atoms with E-state index in [4.69, 9.17) is 4.52 Å². The molecule has 0 radical (unpaired) electrons. The predicted molar refractivity (Wildman–Crippen MR) is 75.9 cm³/mol. The first kappa shape index (κ1) is 14.5. The largest absolute Gasteiger partial charge is 0.360 e. The summed E-state index contributed by atoms with van der Waals surface area (Å²) in [5.41, 5.74) is 1.00. The van der Waals surface area contributed by atoms with Crippen LogP contribution in [0.1, 0.15) is 31.7 Å². The third-order valence-corrected chi connectivity index (χ3v) is 3.55. The number of hydrogen-bond donors (Lipinski definition) is 1. The average molecular weight is 266 g/mol. The smallest absolute Gasteiger partial charge is 0.151 e. The van der Waals surface area contributed by atoms with E-state index in [2.05, 4.69) is 40.2 Å². The lowest BCUT2D eigenvalue weighted by atomic mass is 10.2. The minimum Gasteiger partial charge on any atom is -0.360 e. The molecule has 0 saturated carbocycles. The molecule has 5 nitrogen and oxygen atoms in total. The van der Waals surface area contributed by atoms with Gasteiger partial charge in [-0.3, -0.25) is 4.90 Å². The maximum absolute atomic E-state index is 5.39. The molecule has 2 heterocycles. The summed E-state index contributed by atoms with van der Waals surface area (Å²) in [7, 11) is 0. The van der Waals surface area contributed by atoms with Crippen LogP contribution >= 0.6 is 0 Å². The normalized spacial score (nSPS) is 18.0. The Labute approximate surface area is 115 Å². The zero-order valence-corrected chi connectivity index (χ0v) is 12.2. The van der Waals surface area contributed by atoms with Crippen LogP contribution in [-0.4, -0.2) is 54.2 Å². The summed E-state index contributed by atoms with van der Waals surface area (Å²) in [6.45, 7) is 12.8. The van der Waals surface area contributed by atoms with Gasteiger partial charge in [-0.25, -0.2) is 0 Å². The first-order valence-corrected chi connectivity index (χ1v) is 7.41. The molecule has 0 spiro atoms. The Bertz CT molecular complexity index is 358. The Morgan fingerprint density at radius 1 is 1.21 bits per heavy atom. The van der Waals surface area contributed by atoms with Gasteiger partial charge in [0.05, 0.1) is 12.2 Å². The molecule has 1 aromatic heterocycles. The van der Waals surface area contributed by atoms with Gasteiger partial charge < -0.3 is 14.7 Å². The molecular formula is C14H26N4O. The fourth-order valence-corrected chi connectivity index (χ4v) is 2.47. The highest BCUT2D eigenvalue weighted by molar-refractivity contribution is 5.05. The van der Waals surface area contributed by atoms with Crippen LogP contribution in [0.2, 0.25) is 0 Å². The molecule has 0 unspecified atom stereocenters. The van der Waals surface area contributed by atoms with Crippen LogP contribution in [0.3, 0.4) is 0 Å². The monoisotopic (exact) mass is 266 g/mol. The number of hydrogen-bond acceptors (Lipinski definition) is 5. The third kappa shape index (κ3) is 4.60. The summed E-state index contributed by atoms with van der Waals surface area (Å²) in [5, 5.41) is 7.35. The molecule has 0 aliphatic carbocycles. The van der Waals surface area contributed by atoms with E-state index in [9.17, 15) is 0 Å². The van der Waals surface area contributed by atoms with E-state index >= 15 is 0 Å². The second-order valence-electron chi connectivity index (χ2n) is 5.18. The van der Waals surface area contributed by atoms with Crippen molar-refractivity contribution in [3.8, 4) is 0 Å². The molecule has 0 bridgehead atoms. The van der Waals surface area contributed by atoms with Crippen LogP contribution in [0.4, 0.5) is 0 Å². The first-order valence-electron chi connectivity index (χ1n) is 7.41. The Hall–Kier alpha value is -0.910. The van der Waals surface area contributed by atoms with Gasteiger partial charge in [0.25, 0.3) is 0 Å². The Kier molecular flexibility index (Phi) is 5.82. The van der Waals surface area contributed by atoms with E-state index in [1.54, 1.807) is 0 Å². The van der Waals surface area contributed by atoms with E-state index in [0.717, 1.165) is 44.2 Å². The molecule has 5 heteroatoms. The second kappa shape index (κ2) is 7.62. The molecule has 0 aromatic carbocycles. The number of nitrogens with zero attached hydrogens (tertiary/aromatic N) is 3. The highest BCUT2D eigenvalue weighted by atomic mass is 16.5. The van der Waals surface area contributed by atoms with Crippen LogP contribution in [0.5, 0.6) is 0 Å². The van der Waals surface area contributed by atoms with Gasteiger partial charge in [0, 0.05) is 38.8 Å². The van der Waals surface area contributed by atoms with Gasteiger partial charge in [0.1, 0.15) is 0 Å². The standard InChI is InChI=1S/C14H26N4O/c1-3-5-17-6-8-18(9-7-17)12-14-10-13(16-19-14)11-15-4-2/h10,15H,3-9,11-12H2,1-2H3. The zero-order valence-electron chi connectivity index (χ0n) is 12.2. The molecular weight excluding hydrogens is 240 g/mol. The molecule has 1 aliphatic rings. The fourth-order valence-electron chi connectivity index (χ4n) is 2.47. The third-order valence-electron chi connectivity index (χ3n) is 3.55. The summed E-state index contributed by atoms with van der Waals surface area (Å²) in [6.07, 6.45) is 1.25. The Morgan fingerprint density at radius 3 is 2.63 bits per heavy atom. The summed E-state index contributed by atoms with van der Waals surface area (Å²) in [5.74, 6) is 0.983. The predicted octanol–water partition coefficient (Wildman–Crippen LogP) is 1.31. The van der Waals surface area contributed by atoms with Gasteiger partial charge in [0.2, 0.25) is 0 Å². The highest BCUT2D eigenvalue weighted by Gasteiger charge is 2.17. The summed E-state index contributed by atoms with van der Waals surface area (Å²) < 4.78 is 5.39. The van der Waals surface area contributed by atoms with Crippen molar-refractivity contribution in [1.29, 1.82) is 0 Å². The molecule has 2 rings (SSSR count). The van der Waals surface area contributed by atoms with Crippen molar-refractivity contribution in [3.63, 3.8) is 0 Å². The van der Waals surface area contributed by atoms with Crippen LogP contribution in [0.15, 0.2) is 10.6 Å². The number of aromatic nitrogens is 1. The topological polar surface area (TPSA) is 44.5 Å². The van der Waals surface area contributed by atoms with Crippen molar-refractivity contribution in [2.75, 3.05) is 39.3 Å². The fraction of sp³-hybridized carbons (Fsp3) is 0.786. The zero-order chi connectivity index (χ0) is 13.5. The lowest BCUT2D eigenvalue weighted by Gasteiger charge is -2.33. The first-order chi connectivity index (χ1) is 9.31. The number of rotatable bonds is 7. The minimum atomic E-state index is 0.796. The van der Waals surface area contributed by atoms with Crippen molar-refractivity contribution >= 4 is 0 Å². The number of nitrogens with one attached hydrogen (secondary N) is 1. The van der Waals surface area contributed by atoms with Crippen LogP contribution in [0, 0.1) is 0 Å². The molecule has 1 aliphatic heterocycles. The Morgan fingerprint density at radius 2 is 1.95 bits per heavy atom. The van der Waals surface area contributed by atoms with Crippen molar-refractivity contribution in [1.82, 2.24) is 20.3 Å². The molecule has 1 fully saturated rings. The van der Waals surface area contributed by atoms with Gasteiger partial charge >= 0.3 is 0 Å². The van der Waals surface area contributed by atoms with Crippen molar-refractivity contribution in [2.45, 2.75) is 33.4 Å². The molecule has 1 saturated heterocycles. The summed E-state index contributed by atoms with van der Waals surface area (Å²) in [6, 6.07) is 2.07. The average Bonchev–Trinajstić information content (AvgIpc) is 2.87. The van der Waals surface area contributed by atoms with E-state index < -0.39 is 0 Å². The van der Waals surface area contributed by atoms with E-state index in [1.807, 2.05) is 0 Å². The molecule has 108 valence electrons. The minimum absolute atomic E-state index is 0.796. The van der Waals surface area contributed by atoms with Gasteiger partial charge in [-0.15, -0.1) is 0 Å². The lowest BCUT2D eigenvalue weighted by Crippen LogP contribution is -2.45. The summed E-state index contributed by atoms with van der Waals surface area (Å²) >= 11 is 0. The molecule has 1 aromatic rings. The van der Waals surface area contributed by atoms with Crippen LogP contribution < -0.4 is 5.32 Å². The summed E-state index contributed by atoms with van der Waals surface area (Å²) in [4.78, 5) is 4.98. The van der Waals surface area contributed by atoms with Crippen molar-refractivity contribution in [2.24, 2.45) is 0 Å². The quantitative estimate of drug-likeness (QED) is 0.806. The maximum Gasteiger partial charge on any atom is 0.151 e. The molecule has 19 heavy (non-hydrogen) atoms. The molecule has 1 N–H and O–H groups in total. The maximum atomic E-state index is 5.39. The molecule has 0 atom stereocenters. The lowest BCUT2D eigenvalue weighted by molar-refractivity contribution is 0.118. The van der Waals surface area contributed by atoms with Gasteiger partial charge in [-0.05, 0) is 19.5 Å². The van der Waals surface area contributed by atoms with Gasteiger partial charge in [-0.1, -0.05) is 19.0 Å². The van der Waals surface area contributed by atoms with Crippen LogP contribution in [-0.2, 0) is 13.1 Å². The second-order valence-corrected chi connectivity index (χ2v) is 5.18. The SMILES string of the molecule is CCCN1CCN(Cc2cc(CNCC)no2)CC1. The Balaban J connectivity index is 1.74. The highest BCUT2D eigenvalue weighted by Crippen LogP contribution is 2.10. The van der Waals surface area contributed by atoms with E-state index in [1.165, 1.54) is 26.1 Å². The van der Waals surface area contributed by atoms with Crippen molar-refractivity contribution in [3.05, 3.63) is 17.5 Å².